The number of alkyl halides is 3. The number of phenolic OH excluding ortho intramolecular Hbond substituents is 2. The fourth-order valence-corrected chi connectivity index (χ4v) is 4.08. The van der Waals surface area contributed by atoms with E-state index in [1.165, 1.54) is 41.1 Å². The number of para-hydroxylation sites is 1. The summed E-state index contributed by atoms with van der Waals surface area (Å²) in [4.78, 5) is 0. The lowest BCUT2D eigenvalue weighted by molar-refractivity contribution is -0.137. The molecule has 1 aromatic heterocycles. The molecule has 0 amide bonds. The predicted molar refractivity (Wildman–Crippen MR) is 128 cm³/mol. The Hall–Kier alpha value is -4.52. The van der Waals surface area contributed by atoms with E-state index in [-0.39, 0.29) is 17.2 Å². The highest BCUT2D eigenvalue weighted by atomic mass is 19.4. The summed E-state index contributed by atoms with van der Waals surface area (Å²) in [5.74, 6) is 0.126. The van der Waals surface area contributed by atoms with Gasteiger partial charge in [0.25, 0.3) is 0 Å². The van der Waals surface area contributed by atoms with Crippen molar-refractivity contribution in [3.05, 3.63) is 109 Å². The first-order chi connectivity index (χ1) is 16.8. The fraction of sp³-hybridized carbons (Fsp3) is 0.0357. The number of benzene rings is 4. The van der Waals surface area contributed by atoms with E-state index in [9.17, 15) is 23.4 Å². The third-order valence-electron chi connectivity index (χ3n) is 5.67. The van der Waals surface area contributed by atoms with Gasteiger partial charge in [-0.15, -0.1) is 0 Å². The molecule has 0 bridgehead atoms. The maximum atomic E-state index is 14.0. The minimum atomic E-state index is -4.59. The number of rotatable bonds is 4. The lowest BCUT2D eigenvalue weighted by atomic mass is 9.95. The molecule has 0 spiro atoms. The van der Waals surface area contributed by atoms with Gasteiger partial charge in [0.15, 0.2) is 0 Å². The van der Waals surface area contributed by atoms with Crippen LogP contribution in [0.5, 0.6) is 11.5 Å². The minimum absolute atomic E-state index is 0.0602. The molecule has 174 valence electrons. The molecule has 0 unspecified atom stereocenters. The normalized spacial score (nSPS) is 11.5. The zero-order chi connectivity index (χ0) is 24.6. The van der Waals surface area contributed by atoms with Gasteiger partial charge in [-0.1, -0.05) is 54.6 Å². The van der Waals surface area contributed by atoms with Gasteiger partial charge in [-0.05, 0) is 54.1 Å². The number of hydrogen-bond donors (Lipinski definition) is 2. The average molecular weight is 472 g/mol. The molecule has 0 aliphatic rings. The van der Waals surface area contributed by atoms with Gasteiger partial charge >= 0.3 is 6.18 Å². The molecule has 4 aromatic carbocycles. The molecule has 35 heavy (non-hydrogen) atoms. The molecule has 2 N–H and O–H groups in total. The van der Waals surface area contributed by atoms with Gasteiger partial charge in [-0.25, -0.2) is 4.68 Å². The van der Waals surface area contributed by atoms with Crippen molar-refractivity contribution in [2.24, 2.45) is 0 Å². The average Bonchev–Trinajstić information content (AvgIpc) is 3.25. The number of nitrogens with zero attached hydrogens (tertiary/aromatic N) is 2. The molecule has 4 nitrogen and oxygen atoms in total. The van der Waals surface area contributed by atoms with Crippen LogP contribution in [0, 0.1) is 0 Å². The molecule has 1 heterocycles. The number of hydrogen-bond acceptors (Lipinski definition) is 3. The number of halogens is 3. The van der Waals surface area contributed by atoms with Crippen LogP contribution in [-0.2, 0) is 6.18 Å². The molecule has 7 heteroatoms. The molecule has 5 rings (SSSR count). The highest BCUT2D eigenvalue weighted by Gasteiger charge is 2.35. The first-order valence-corrected chi connectivity index (χ1v) is 10.8. The first-order valence-electron chi connectivity index (χ1n) is 10.8. The van der Waals surface area contributed by atoms with Crippen LogP contribution < -0.4 is 0 Å². The summed E-state index contributed by atoms with van der Waals surface area (Å²) < 4.78 is 43.4. The van der Waals surface area contributed by atoms with Gasteiger partial charge in [0.05, 0.1) is 16.9 Å². The zero-order valence-corrected chi connectivity index (χ0v) is 18.2. The monoisotopic (exact) mass is 472 g/mol. The van der Waals surface area contributed by atoms with Gasteiger partial charge in [0.2, 0.25) is 0 Å². The van der Waals surface area contributed by atoms with Crippen molar-refractivity contribution in [1.82, 2.24) is 9.78 Å². The Balaban J connectivity index is 1.91. The Morgan fingerprint density at radius 3 is 1.74 bits per heavy atom. The number of phenols is 2. The van der Waals surface area contributed by atoms with Crippen molar-refractivity contribution in [2.45, 2.75) is 6.18 Å². The highest BCUT2D eigenvalue weighted by Crippen LogP contribution is 2.43. The third-order valence-corrected chi connectivity index (χ3v) is 5.67. The van der Waals surface area contributed by atoms with Crippen LogP contribution in [0.4, 0.5) is 13.2 Å². The second-order valence-electron chi connectivity index (χ2n) is 7.96. The Labute approximate surface area is 199 Å². The smallest absolute Gasteiger partial charge is 0.418 e. The molecule has 5 aromatic rings. The summed E-state index contributed by atoms with van der Waals surface area (Å²) >= 11 is 0. The Morgan fingerprint density at radius 2 is 1.14 bits per heavy atom. The van der Waals surface area contributed by atoms with Crippen LogP contribution >= 0.6 is 0 Å². The maximum Gasteiger partial charge on any atom is 0.418 e. The predicted octanol–water partition coefficient (Wildman–Crippen LogP) is 7.30. The van der Waals surface area contributed by atoms with Crippen LogP contribution in [0.1, 0.15) is 5.56 Å². The summed E-state index contributed by atoms with van der Waals surface area (Å²) in [6.07, 6.45) is -4.59. The molecule has 0 saturated heterocycles. The third kappa shape index (κ3) is 4.24. The Bertz CT molecular complexity index is 1470. The minimum Gasteiger partial charge on any atom is -0.508 e. The van der Waals surface area contributed by atoms with Crippen molar-refractivity contribution in [3.8, 4) is 50.8 Å². The topological polar surface area (TPSA) is 58.3 Å². The molecular weight excluding hydrogens is 453 g/mol. The van der Waals surface area contributed by atoms with Crippen LogP contribution in [0.25, 0.3) is 39.3 Å². The molecule has 0 atom stereocenters. The van der Waals surface area contributed by atoms with E-state index in [2.05, 4.69) is 0 Å². The Kier molecular flexibility index (Phi) is 5.53. The van der Waals surface area contributed by atoms with Gasteiger partial charge in [-0.3, -0.25) is 0 Å². The van der Waals surface area contributed by atoms with E-state index >= 15 is 0 Å². The molecule has 0 aliphatic carbocycles. The zero-order valence-electron chi connectivity index (χ0n) is 18.2. The second-order valence-corrected chi connectivity index (χ2v) is 7.96. The van der Waals surface area contributed by atoms with Gasteiger partial charge in [0.1, 0.15) is 17.2 Å². The molecule has 0 saturated carbocycles. The van der Waals surface area contributed by atoms with E-state index in [0.29, 0.717) is 33.6 Å². The lowest BCUT2D eigenvalue weighted by Crippen LogP contribution is -2.12. The van der Waals surface area contributed by atoms with Crippen molar-refractivity contribution in [3.63, 3.8) is 0 Å². The van der Waals surface area contributed by atoms with E-state index in [0.717, 1.165) is 6.07 Å². The molecular formula is C28H19F3N2O2. The molecule has 0 aliphatic heterocycles. The van der Waals surface area contributed by atoms with Gasteiger partial charge in [0, 0.05) is 16.7 Å². The largest absolute Gasteiger partial charge is 0.508 e. The Morgan fingerprint density at radius 1 is 0.600 bits per heavy atom. The second kappa shape index (κ2) is 8.68. The van der Waals surface area contributed by atoms with E-state index in [1.54, 1.807) is 30.3 Å². The SMILES string of the molecule is Oc1ccc(-c2nn(-c3ccccc3C(F)(F)F)c(-c3ccccc3)c2-c2ccc(O)cc2)cc1. The van der Waals surface area contributed by atoms with Crippen LogP contribution in [-0.4, -0.2) is 20.0 Å². The fourth-order valence-electron chi connectivity index (χ4n) is 4.08. The van der Waals surface area contributed by atoms with E-state index in [1.807, 2.05) is 30.3 Å². The highest BCUT2D eigenvalue weighted by molar-refractivity contribution is 5.92. The van der Waals surface area contributed by atoms with Crippen molar-refractivity contribution in [2.75, 3.05) is 0 Å². The van der Waals surface area contributed by atoms with E-state index < -0.39 is 11.7 Å². The number of aromatic nitrogens is 2. The van der Waals surface area contributed by atoms with Crippen LogP contribution in [0.15, 0.2) is 103 Å². The van der Waals surface area contributed by atoms with Crippen molar-refractivity contribution < 1.29 is 23.4 Å². The van der Waals surface area contributed by atoms with Crippen LogP contribution in [0.2, 0.25) is 0 Å². The van der Waals surface area contributed by atoms with Gasteiger partial charge < -0.3 is 10.2 Å². The van der Waals surface area contributed by atoms with Crippen LogP contribution in [0.3, 0.4) is 0 Å². The quantitative estimate of drug-likeness (QED) is 0.288. The molecule has 0 radical (unpaired) electrons. The molecule has 0 fully saturated rings. The van der Waals surface area contributed by atoms with Crippen molar-refractivity contribution in [1.29, 1.82) is 0 Å². The number of aromatic hydroxyl groups is 2. The summed E-state index contributed by atoms with van der Waals surface area (Å²) in [6.45, 7) is 0. The summed E-state index contributed by atoms with van der Waals surface area (Å²) in [5.41, 5.74) is 2.54. The maximum absolute atomic E-state index is 14.0. The van der Waals surface area contributed by atoms with E-state index in [4.69, 9.17) is 5.10 Å². The summed E-state index contributed by atoms with van der Waals surface area (Å²) in [5, 5.41) is 24.3. The van der Waals surface area contributed by atoms with Crippen molar-refractivity contribution >= 4 is 0 Å². The summed E-state index contributed by atoms with van der Waals surface area (Å²) in [6, 6.07) is 27.2. The van der Waals surface area contributed by atoms with Gasteiger partial charge in [-0.2, -0.15) is 18.3 Å². The summed E-state index contributed by atoms with van der Waals surface area (Å²) in [7, 11) is 0. The lowest BCUT2D eigenvalue weighted by Gasteiger charge is -2.16. The first kappa shape index (κ1) is 22.3. The standard InChI is InChI=1S/C28H19F3N2O2/c29-28(30,31)23-8-4-5-9-24(23)33-27(20-6-2-1-3-7-20)25(18-10-14-21(34)15-11-18)26(32-33)19-12-16-22(35)17-13-19/h1-17,34-35H.